The molecule has 2 N–H and O–H groups in total. The van der Waals surface area contributed by atoms with Crippen molar-refractivity contribution in [2.24, 2.45) is 0 Å². The number of rotatable bonds is 4. The molecule has 0 atom stereocenters. The highest BCUT2D eigenvalue weighted by molar-refractivity contribution is 7.97. The zero-order valence-corrected chi connectivity index (χ0v) is 10.2. The number of furan rings is 1. The zero-order chi connectivity index (χ0) is 11.4. The minimum atomic E-state index is 0.611. The Hall–Kier alpha value is -1.06. The average molecular weight is 254 g/mol. The van der Waals surface area contributed by atoms with E-state index in [1.54, 1.807) is 18.0 Å². The highest BCUT2D eigenvalue weighted by Gasteiger charge is 2.00. The first-order valence-corrected chi connectivity index (χ1v) is 6.43. The van der Waals surface area contributed by atoms with E-state index >= 15 is 0 Å². The first-order chi connectivity index (χ1) is 7.75. The molecule has 4 heteroatoms. The lowest BCUT2D eigenvalue weighted by atomic mass is 10.2. The van der Waals surface area contributed by atoms with Gasteiger partial charge in [-0.15, -0.1) is 11.8 Å². The van der Waals surface area contributed by atoms with Crippen LogP contribution in [-0.4, -0.2) is 0 Å². The fraction of sp³-hybridized carbons (Fsp3) is 0.167. The maximum atomic E-state index is 5.85. The lowest BCUT2D eigenvalue weighted by molar-refractivity contribution is 0.530. The number of thioether (sulfide) groups is 1. The van der Waals surface area contributed by atoms with Gasteiger partial charge in [0.15, 0.2) is 0 Å². The van der Waals surface area contributed by atoms with E-state index in [0.29, 0.717) is 10.7 Å². The summed E-state index contributed by atoms with van der Waals surface area (Å²) >= 11 is 7.64. The van der Waals surface area contributed by atoms with E-state index < -0.39 is 0 Å². The second-order valence-corrected chi connectivity index (χ2v) is 4.82. The molecule has 0 radical (unpaired) electrons. The third-order valence-electron chi connectivity index (χ3n) is 2.15. The summed E-state index contributed by atoms with van der Waals surface area (Å²) in [5, 5.41) is 0.611. The van der Waals surface area contributed by atoms with Crippen LogP contribution in [-0.2, 0) is 11.5 Å². The van der Waals surface area contributed by atoms with E-state index in [-0.39, 0.29) is 0 Å². The van der Waals surface area contributed by atoms with Crippen molar-refractivity contribution in [3.63, 3.8) is 0 Å². The number of nitrogen functional groups attached to an aromatic ring is 1. The summed E-state index contributed by atoms with van der Waals surface area (Å²) < 4.78 is 5.25. The molecule has 0 aliphatic rings. The van der Waals surface area contributed by atoms with Gasteiger partial charge in [-0.3, -0.25) is 0 Å². The molecule has 0 bridgehead atoms. The van der Waals surface area contributed by atoms with Crippen LogP contribution in [0.1, 0.15) is 11.3 Å². The molecular weight excluding hydrogens is 242 g/mol. The van der Waals surface area contributed by atoms with Gasteiger partial charge >= 0.3 is 0 Å². The Morgan fingerprint density at radius 2 is 2.12 bits per heavy atom. The third-order valence-corrected chi connectivity index (χ3v) is 3.52. The average Bonchev–Trinajstić information content (AvgIpc) is 2.76. The molecule has 0 fully saturated rings. The summed E-state index contributed by atoms with van der Waals surface area (Å²) in [7, 11) is 0. The summed E-state index contributed by atoms with van der Waals surface area (Å²) in [4.78, 5) is 0. The lowest BCUT2D eigenvalue weighted by Crippen LogP contribution is -1.89. The topological polar surface area (TPSA) is 39.2 Å². The van der Waals surface area contributed by atoms with Gasteiger partial charge in [-0.05, 0) is 29.8 Å². The quantitative estimate of drug-likeness (QED) is 0.839. The molecule has 2 rings (SSSR count). The largest absolute Gasteiger partial charge is 0.468 e. The maximum Gasteiger partial charge on any atom is 0.113 e. The molecule has 0 amide bonds. The number of nitrogens with two attached hydrogens (primary N) is 1. The lowest BCUT2D eigenvalue weighted by Gasteiger charge is -2.03. The second kappa shape index (κ2) is 5.32. The monoisotopic (exact) mass is 253 g/mol. The van der Waals surface area contributed by atoms with Gasteiger partial charge in [0.05, 0.1) is 22.7 Å². The standard InChI is InChI=1S/C12H12ClNOS/c13-11-4-3-9(6-12(11)14)7-16-8-10-2-1-5-15-10/h1-6H,7-8,14H2. The van der Waals surface area contributed by atoms with E-state index in [1.165, 1.54) is 5.56 Å². The fourth-order valence-corrected chi connectivity index (χ4v) is 2.35. The number of halogens is 1. The summed E-state index contributed by atoms with van der Waals surface area (Å²) in [6, 6.07) is 9.62. The number of anilines is 1. The molecule has 1 aromatic carbocycles. The minimum absolute atomic E-state index is 0.611. The van der Waals surface area contributed by atoms with Gasteiger partial charge in [-0.25, -0.2) is 0 Å². The molecule has 16 heavy (non-hydrogen) atoms. The van der Waals surface area contributed by atoms with Crippen molar-refractivity contribution in [3.8, 4) is 0 Å². The maximum absolute atomic E-state index is 5.85. The van der Waals surface area contributed by atoms with Crippen molar-refractivity contribution >= 4 is 29.1 Å². The Morgan fingerprint density at radius 1 is 1.25 bits per heavy atom. The highest BCUT2D eigenvalue weighted by Crippen LogP contribution is 2.23. The summed E-state index contributed by atoms with van der Waals surface area (Å²) in [6.07, 6.45) is 1.69. The second-order valence-electron chi connectivity index (χ2n) is 3.43. The van der Waals surface area contributed by atoms with Crippen LogP contribution in [0.4, 0.5) is 5.69 Å². The molecule has 84 valence electrons. The van der Waals surface area contributed by atoms with Crippen LogP contribution in [0.25, 0.3) is 0 Å². The third kappa shape index (κ3) is 2.97. The Balaban J connectivity index is 1.87. The van der Waals surface area contributed by atoms with Crippen LogP contribution in [0, 0.1) is 0 Å². The zero-order valence-electron chi connectivity index (χ0n) is 8.65. The van der Waals surface area contributed by atoms with Crippen LogP contribution in [0.2, 0.25) is 5.02 Å². The van der Waals surface area contributed by atoms with Gasteiger partial charge in [-0.1, -0.05) is 17.7 Å². The first-order valence-electron chi connectivity index (χ1n) is 4.90. The van der Waals surface area contributed by atoms with Crippen LogP contribution in [0.15, 0.2) is 41.0 Å². The van der Waals surface area contributed by atoms with E-state index in [2.05, 4.69) is 0 Å². The smallest absolute Gasteiger partial charge is 0.113 e. The van der Waals surface area contributed by atoms with Crippen molar-refractivity contribution in [1.29, 1.82) is 0 Å². The van der Waals surface area contributed by atoms with Gasteiger partial charge < -0.3 is 10.2 Å². The first kappa shape index (κ1) is 11.4. The predicted octanol–water partition coefficient (Wildman–Crippen LogP) is 3.95. The molecular formula is C12H12ClNOS. The van der Waals surface area contributed by atoms with E-state index in [1.807, 2.05) is 30.3 Å². The van der Waals surface area contributed by atoms with E-state index in [4.69, 9.17) is 21.8 Å². The molecule has 0 unspecified atom stereocenters. The Kier molecular flexibility index (Phi) is 3.80. The molecule has 1 heterocycles. The fourth-order valence-electron chi connectivity index (χ4n) is 1.35. The Labute approximate surface area is 104 Å². The van der Waals surface area contributed by atoms with E-state index in [0.717, 1.165) is 17.3 Å². The van der Waals surface area contributed by atoms with Gasteiger partial charge in [0.2, 0.25) is 0 Å². The molecule has 1 aromatic heterocycles. The van der Waals surface area contributed by atoms with Crippen LogP contribution < -0.4 is 5.73 Å². The molecule has 2 aromatic rings. The molecule has 0 aliphatic heterocycles. The molecule has 0 spiro atoms. The number of hydrogen-bond donors (Lipinski definition) is 1. The van der Waals surface area contributed by atoms with Crippen molar-refractivity contribution in [3.05, 3.63) is 52.9 Å². The van der Waals surface area contributed by atoms with Gasteiger partial charge in [-0.2, -0.15) is 0 Å². The van der Waals surface area contributed by atoms with Crippen molar-refractivity contribution < 1.29 is 4.42 Å². The normalized spacial score (nSPS) is 10.6. The highest BCUT2D eigenvalue weighted by atomic mass is 35.5. The molecule has 0 saturated heterocycles. The van der Waals surface area contributed by atoms with Crippen molar-refractivity contribution in [2.45, 2.75) is 11.5 Å². The van der Waals surface area contributed by atoms with Crippen molar-refractivity contribution in [1.82, 2.24) is 0 Å². The number of hydrogen-bond acceptors (Lipinski definition) is 3. The molecule has 2 nitrogen and oxygen atoms in total. The van der Waals surface area contributed by atoms with E-state index in [9.17, 15) is 0 Å². The Bertz CT molecular complexity index is 456. The minimum Gasteiger partial charge on any atom is -0.468 e. The van der Waals surface area contributed by atoms with Gasteiger partial charge in [0.1, 0.15) is 5.76 Å². The van der Waals surface area contributed by atoms with Crippen LogP contribution in [0.5, 0.6) is 0 Å². The predicted molar refractivity (Wildman–Crippen MR) is 69.6 cm³/mol. The van der Waals surface area contributed by atoms with Crippen molar-refractivity contribution in [2.75, 3.05) is 5.73 Å². The van der Waals surface area contributed by atoms with Gasteiger partial charge in [0, 0.05) is 5.75 Å². The summed E-state index contributed by atoms with van der Waals surface area (Å²) in [5.41, 5.74) is 7.54. The van der Waals surface area contributed by atoms with Crippen LogP contribution >= 0.6 is 23.4 Å². The molecule has 0 aliphatic carbocycles. The van der Waals surface area contributed by atoms with Crippen LogP contribution in [0.3, 0.4) is 0 Å². The summed E-state index contributed by atoms with van der Waals surface area (Å²) in [5.74, 6) is 2.77. The Morgan fingerprint density at radius 3 is 2.81 bits per heavy atom. The molecule has 0 saturated carbocycles. The summed E-state index contributed by atoms with van der Waals surface area (Å²) in [6.45, 7) is 0. The SMILES string of the molecule is Nc1cc(CSCc2ccco2)ccc1Cl. The number of benzene rings is 1. The van der Waals surface area contributed by atoms with Gasteiger partial charge in [0.25, 0.3) is 0 Å².